The molecule has 1 fully saturated rings. The Bertz CT molecular complexity index is 453. The van der Waals surface area contributed by atoms with Crippen molar-refractivity contribution in [1.29, 1.82) is 0 Å². The first-order valence-corrected chi connectivity index (χ1v) is 11.6. The van der Waals surface area contributed by atoms with Crippen LogP contribution in [0.3, 0.4) is 0 Å². The molecule has 3 N–H and O–H groups in total. The van der Waals surface area contributed by atoms with Crippen LogP contribution in [0.2, 0.25) is 0 Å². The van der Waals surface area contributed by atoms with Gasteiger partial charge in [0, 0.05) is 7.11 Å². The zero-order valence-corrected chi connectivity index (χ0v) is 15.9. The maximum Gasteiger partial charge on any atom is 0.325 e. The molecule has 0 saturated heterocycles. The van der Waals surface area contributed by atoms with Crippen molar-refractivity contribution in [3.8, 4) is 0 Å². The van der Waals surface area contributed by atoms with Crippen LogP contribution in [0.1, 0.15) is 33.6 Å². The molecule has 0 amide bonds. The van der Waals surface area contributed by atoms with Crippen LogP contribution in [-0.2, 0) is 30.2 Å². The van der Waals surface area contributed by atoms with Crippen LogP contribution in [0.15, 0.2) is 0 Å². The summed E-state index contributed by atoms with van der Waals surface area (Å²) >= 11 is 5.02. The molecule has 1 aliphatic carbocycles. The number of hydrogen-bond acceptors (Lipinski definition) is 5. The maximum atomic E-state index is 11.1. The lowest BCUT2D eigenvalue weighted by Crippen LogP contribution is -2.32. The normalized spacial score (nSPS) is 32.4. The molecule has 1 rings (SSSR count). The number of ether oxygens (including phenoxy) is 1. The summed E-state index contributed by atoms with van der Waals surface area (Å²) in [6.45, 7) is 2.06. The van der Waals surface area contributed by atoms with E-state index < -0.39 is 20.4 Å². The van der Waals surface area contributed by atoms with E-state index in [1.54, 1.807) is 21.0 Å². The van der Waals surface area contributed by atoms with Crippen molar-refractivity contribution >= 4 is 26.1 Å². The van der Waals surface area contributed by atoms with E-state index in [0.717, 1.165) is 0 Å². The minimum absolute atomic E-state index is 0.141. The number of rotatable bonds is 8. The van der Waals surface area contributed by atoms with E-state index in [4.69, 9.17) is 35.4 Å². The van der Waals surface area contributed by atoms with E-state index in [1.807, 2.05) is 6.92 Å². The van der Waals surface area contributed by atoms with Crippen molar-refractivity contribution in [2.45, 2.75) is 51.9 Å². The van der Waals surface area contributed by atoms with Crippen LogP contribution in [0, 0.1) is 11.8 Å². The van der Waals surface area contributed by atoms with Crippen LogP contribution in [0.5, 0.6) is 0 Å². The van der Waals surface area contributed by atoms with Gasteiger partial charge in [0.2, 0.25) is 0 Å². The van der Waals surface area contributed by atoms with Crippen molar-refractivity contribution in [1.82, 2.24) is 0 Å². The van der Waals surface area contributed by atoms with E-state index in [0.29, 0.717) is 6.42 Å². The molecule has 1 aliphatic rings. The van der Waals surface area contributed by atoms with Crippen molar-refractivity contribution in [3.63, 3.8) is 0 Å². The molecule has 0 aliphatic heterocycles. The van der Waals surface area contributed by atoms with Crippen molar-refractivity contribution in [3.05, 3.63) is 0 Å². The minimum atomic E-state index is -4.07. The molecule has 10 heteroatoms. The molecule has 22 heavy (non-hydrogen) atoms. The molecular weight excluding hydrogens is 350 g/mol. The monoisotopic (exact) mass is 376 g/mol. The molecule has 2 unspecified atom stereocenters. The van der Waals surface area contributed by atoms with Gasteiger partial charge in [0.25, 0.3) is 0 Å². The highest BCUT2D eigenvalue weighted by Gasteiger charge is 2.45. The van der Waals surface area contributed by atoms with Gasteiger partial charge in [-0.1, -0.05) is 6.92 Å². The third-order valence-corrected chi connectivity index (χ3v) is 6.24. The van der Waals surface area contributed by atoms with Gasteiger partial charge in [-0.2, -0.15) is 0 Å². The van der Waals surface area contributed by atoms with Gasteiger partial charge in [0.15, 0.2) is 0 Å². The Balaban J connectivity index is 2.83. The van der Waals surface area contributed by atoms with Gasteiger partial charge in [-0.3, -0.25) is 4.57 Å². The number of methoxy groups -OCH3 is 1. The molecule has 0 radical (unpaired) electrons. The van der Waals surface area contributed by atoms with Gasteiger partial charge in [-0.15, -0.1) is 0 Å². The molecule has 1 saturated carbocycles. The summed E-state index contributed by atoms with van der Waals surface area (Å²) in [6.07, 6.45) is -0.326. The molecule has 7 nitrogen and oxygen atoms in total. The minimum Gasteiger partial charge on any atom is -0.378 e. The Kier molecular flexibility index (Phi) is 7.66. The van der Waals surface area contributed by atoms with E-state index >= 15 is 0 Å². The molecule has 0 aromatic carbocycles. The molecule has 132 valence electrons. The smallest absolute Gasteiger partial charge is 0.325 e. The molecule has 0 aromatic rings. The average Bonchev–Trinajstić information content (AvgIpc) is 2.59. The Morgan fingerprint density at radius 3 is 2.32 bits per heavy atom. The van der Waals surface area contributed by atoms with E-state index in [2.05, 4.69) is 0 Å². The zero-order valence-electron chi connectivity index (χ0n) is 13.3. The van der Waals surface area contributed by atoms with Crippen LogP contribution in [-0.4, -0.2) is 46.3 Å². The lowest BCUT2D eigenvalue weighted by Gasteiger charge is -2.29. The summed E-state index contributed by atoms with van der Waals surface area (Å²) in [5, 5.41) is 0. The quantitative estimate of drug-likeness (QED) is 0.554. The van der Waals surface area contributed by atoms with Crippen LogP contribution >= 0.6 is 14.3 Å². The summed E-state index contributed by atoms with van der Waals surface area (Å²) in [4.78, 5) is 28.3. The fourth-order valence-electron chi connectivity index (χ4n) is 2.91. The van der Waals surface area contributed by atoms with Crippen LogP contribution in [0.4, 0.5) is 0 Å². The van der Waals surface area contributed by atoms with Gasteiger partial charge >= 0.3 is 14.3 Å². The van der Waals surface area contributed by atoms with Gasteiger partial charge in [-0.25, -0.2) is 0 Å². The Morgan fingerprint density at radius 2 is 1.86 bits per heavy atom. The fraction of sp³-hybridized carbons (Fsp3) is 1.00. The Labute approximate surface area is 136 Å². The summed E-state index contributed by atoms with van der Waals surface area (Å²) in [7, 11) is -2.52. The van der Waals surface area contributed by atoms with Gasteiger partial charge in [-0.05, 0) is 50.3 Å². The second kappa shape index (κ2) is 8.15. The van der Waals surface area contributed by atoms with Crippen molar-refractivity contribution < 1.29 is 33.0 Å². The highest BCUT2D eigenvalue weighted by molar-refractivity contribution is 8.07. The standard InChI is InChI=1S/C12H26O7P2S/c1-8(2)18-21(16,22)19-12-10(5-6-20(13,14)15)7-9(3)11(12)17-4/h8-12H,5-7H2,1-4H3,(H,16,22)(H2,13,14,15)/t9?,10-,11-,12+,21?/m0/s1. The van der Waals surface area contributed by atoms with Gasteiger partial charge in [0.05, 0.1) is 24.5 Å². The first kappa shape index (κ1) is 20.7. The summed E-state index contributed by atoms with van der Waals surface area (Å²) in [5.41, 5.74) is 0. The zero-order chi connectivity index (χ0) is 17.1. The molecule has 0 bridgehead atoms. The second-order valence-corrected chi connectivity index (χ2v) is 10.6. The fourth-order valence-corrected chi connectivity index (χ4v) is 5.58. The second-order valence-electron chi connectivity index (χ2n) is 6.04. The largest absolute Gasteiger partial charge is 0.378 e. The summed E-state index contributed by atoms with van der Waals surface area (Å²) < 4.78 is 27.4. The third-order valence-electron chi connectivity index (χ3n) is 3.69. The van der Waals surface area contributed by atoms with Gasteiger partial charge in [0.1, 0.15) is 0 Å². The van der Waals surface area contributed by atoms with E-state index in [-0.39, 0.29) is 36.6 Å². The lowest BCUT2D eigenvalue weighted by atomic mass is 10.0. The Morgan fingerprint density at radius 1 is 1.27 bits per heavy atom. The summed E-state index contributed by atoms with van der Waals surface area (Å²) in [5.74, 6) is 0.00336. The first-order chi connectivity index (χ1) is 9.95. The molecule has 0 spiro atoms. The third kappa shape index (κ3) is 6.63. The predicted molar refractivity (Wildman–Crippen MR) is 87.2 cm³/mol. The Hall–Kier alpha value is 0.640. The molecular formula is C12H26O7P2S. The maximum absolute atomic E-state index is 11.1. The van der Waals surface area contributed by atoms with Crippen molar-refractivity contribution in [2.24, 2.45) is 11.8 Å². The molecule has 0 heterocycles. The highest BCUT2D eigenvalue weighted by atomic mass is 32.5. The predicted octanol–water partition coefficient (Wildman–Crippen LogP) is 2.25. The first-order valence-electron chi connectivity index (χ1n) is 7.22. The summed E-state index contributed by atoms with van der Waals surface area (Å²) in [6, 6.07) is 0. The number of hydrogen-bond donors (Lipinski definition) is 3. The van der Waals surface area contributed by atoms with Crippen LogP contribution in [0.25, 0.3) is 0 Å². The van der Waals surface area contributed by atoms with Crippen molar-refractivity contribution in [2.75, 3.05) is 13.3 Å². The van der Waals surface area contributed by atoms with E-state index in [1.165, 1.54) is 0 Å². The van der Waals surface area contributed by atoms with Crippen LogP contribution < -0.4 is 0 Å². The highest BCUT2D eigenvalue weighted by Crippen LogP contribution is 2.52. The lowest BCUT2D eigenvalue weighted by molar-refractivity contribution is -0.0202. The van der Waals surface area contributed by atoms with E-state index in [9.17, 15) is 9.46 Å². The topological polar surface area (TPSA) is 105 Å². The SMILES string of the molecule is CO[C@H]1C(C)C[C@H](CCP(=O)(O)O)[C@H]1OP(O)(=S)OC(C)C. The average molecular weight is 376 g/mol. The molecule has 0 aromatic heterocycles. The van der Waals surface area contributed by atoms with Gasteiger partial charge < -0.3 is 28.5 Å². The molecule has 5 atom stereocenters.